The summed E-state index contributed by atoms with van der Waals surface area (Å²) >= 11 is 0. The molecule has 0 radical (unpaired) electrons. The van der Waals surface area contributed by atoms with Crippen molar-refractivity contribution in [2.75, 3.05) is 45.9 Å². The lowest BCUT2D eigenvalue weighted by atomic mass is 10.0. The van der Waals surface area contributed by atoms with E-state index in [-0.39, 0.29) is 6.61 Å². The quantitative estimate of drug-likeness (QED) is 0.619. The number of hydrogen-bond acceptors (Lipinski definition) is 7. The van der Waals surface area contributed by atoms with Crippen molar-refractivity contribution >= 4 is 12.4 Å². The normalized spacial score (nSPS) is 20.6. The zero-order valence-electron chi connectivity index (χ0n) is 15.5. The molecule has 0 aliphatic carbocycles. The summed E-state index contributed by atoms with van der Waals surface area (Å²) in [4.78, 5) is 31.2. The van der Waals surface area contributed by atoms with E-state index in [1.54, 1.807) is 17.2 Å². The summed E-state index contributed by atoms with van der Waals surface area (Å²) in [6.45, 7) is 5.26. The molecule has 2 aliphatic heterocycles. The van der Waals surface area contributed by atoms with Crippen LogP contribution in [-0.4, -0.2) is 80.3 Å². The summed E-state index contributed by atoms with van der Waals surface area (Å²) in [7, 11) is 0. The first-order valence-corrected chi connectivity index (χ1v) is 9.55. The van der Waals surface area contributed by atoms with E-state index in [4.69, 9.17) is 9.57 Å². The lowest BCUT2D eigenvalue weighted by Crippen LogP contribution is -2.54. The standard InChI is InChI=1S/C19H28N4O4/c24-15-21-18(14-26-17-4-2-1-3-5-17)19(25)27-23-12-10-22(11-13-23)16-6-8-20-9-7-16/h1-5,15-16,18,20H,6-14H2,(H,21,24). The van der Waals surface area contributed by atoms with Crippen LogP contribution in [0, 0.1) is 0 Å². The van der Waals surface area contributed by atoms with Gasteiger partial charge in [0, 0.05) is 32.2 Å². The smallest absolute Gasteiger partial charge is 0.351 e. The predicted molar refractivity (Wildman–Crippen MR) is 100 cm³/mol. The summed E-state index contributed by atoms with van der Waals surface area (Å²) < 4.78 is 5.57. The molecule has 1 aromatic rings. The summed E-state index contributed by atoms with van der Waals surface area (Å²) in [5, 5.41) is 7.54. The molecule has 1 amide bonds. The summed E-state index contributed by atoms with van der Waals surface area (Å²) in [6, 6.07) is 8.94. The van der Waals surface area contributed by atoms with Crippen molar-refractivity contribution in [2.24, 2.45) is 0 Å². The average Bonchev–Trinajstić information content (AvgIpc) is 2.73. The zero-order valence-corrected chi connectivity index (χ0v) is 15.5. The van der Waals surface area contributed by atoms with Crippen LogP contribution < -0.4 is 15.4 Å². The molecular weight excluding hydrogens is 348 g/mol. The number of hydroxylamine groups is 2. The van der Waals surface area contributed by atoms with E-state index in [1.807, 2.05) is 18.2 Å². The van der Waals surface area contributed by atoms with E-state index in [1.165, 1.54) is 12.8 Å². The van der Waals surface area contributed by atoms with E-state index in [9.17, 15) is 9.59 Å². The Morgan fingerprint density at radius 1 is 1.19 bits per heavy atom. The Bertz CT molecular complexity index is 587. The number of benzene rings is 1. The lowest BCUT2D eigenvalue weighted by molar-refractivity contribution is -0.202. The maximum atomic E-state index is 12.4. The molecule has 3 rings (SSSR count). The Morgan fingerprint density at radius 2 is 1.89 bits per heavy atom. The highest BCUT2D eigenvalue weighted by atomic mass is 16.7. The Morgan fingerprint density at radius 3 is 2.56 bits per heavy atom. The van der Waals surface area contributed by atoms with Crippen molar-refractivity contribution in [3.05, 3.63) is 30.3 Å². The van der Waals surface area contributed by atoms with Crippen molar-refractivity contribution in [2.45, 2.75) is 24.9 Å². The molecular formula is C19H28N4O4. The maximum Gasteiger partial charge on any atom is 0.351 e. The number of nitrogens with one attached hydrogen (secondary N) is 2. The molecule has 148 valence electrons. The van der Waals surface area contributed by atoms with E-state index in [0.717, 1.165) is 26.2 Å². The number of ether oxygens (including phenoxy) is 1. The van der Waals surface area contributed by atoms with Crippen LogP contribution in [-0.2, 0) is 14.4 Å². The van der Waals surface area contributed by atoms with Crippen LogP contribution in [0.5, 0.6) is 5.75 Å². The molecule has 2 aliphatic rings. The minimum absolute atomic E-state index is 0.0244. The third-order valence-corrected chi connectivity index (χ3v) is 5.03. The number of nitrogens with zero attached hydrogens (tertiary/aromatic N) is 2. The van der Waals surface area contributed by atoms with Crippen molar-refractivity contribution in [1.82, 2.24) is 20.6 Å². The number of carbonyl (C=O) groups excluding carboxylic acids is 2. The number of amides is 1. The molecule has 2 heterocycles. The van der Waals surface area contributed by atoms with Gasteiger partial charge in [0.15, 0.2) is 6.04 Å². The molecule has 0 aromatic heterocycles. The minimum atomic E-state index is -0.842. The van der Waals surface area contributed by atoms with Crippen molar-refractivity contribution in [3.63, 3.8) is 0 Å². The van der Waals surface area contributed by atoms with E-state index < -0.39 is 12.0 Å². The minimum Gasteiger partial charge on any atom is -0.491 e. The highest BCUT2D eigenvalue weighted by Gasteiger charge is 2.29. The Hall–Kier alpha value is -2.16. The number of carbonyl (C=O) groups is 2. The van der Waals surface area contributed by atoms with Gasteiger partial charge in [0.2, 0.25) is 6.41 Å². The van der Waals surface area contributed by atoms with E-state index >= 15 is 0 Å². The largest absolute Gasteiger partial charge is 0.491 e. The topological polar surface area (TPSA) is 83.1 Å². The second-order valence-electron chi connectivity index (χ2n) is 6.82. The molecule has 27 heavy (non-hydrogen) atoms. The monoisotopic (exact) mass is 376 g/mol. The van der Waals surface area contributed by atoms with Crippen molar-refractivity contribution < 1.29 is 19.2 Å². The van der Waals surface area contributed by atoms with Crippen LogP contribution in [0.15, 0.2) is 30.3 Å². The fourth-order valence-electron chi connectivity index (χ4n) is 3.49. The van der Waals surface area contributed by atoms with Gasteiger partial charge in [-0.15, -0.1) is 5.06 Å². The van der Waals surface area contributed by atoms with E-state index in [2.05, 4.69) is 15.5 Å². The molecule has 2 N–H and O–H groups in total. The van der Waals surface area contributed by atoms with Crippen LogP contribution in [0.4, 0.5) is 0 Å². The van der Waals surface area contributed by atoms with Gasteiger partial charge in [-0.2, -0.15) is 0 Å². The predicted octanol–water partition coefficient (Wildman–Crippen LogP) is 0.00780. The molecule has 0 bridgehead atoms. The van der Waals surface area contributed by atoms with Gasteiger partial charge in [-0.1, -0.05) is 18.2 Å². The highest BCUT2D eigenvalue weighted by Crippen LogP contribution is 2.15. The van der Waals surface area contributed by atoms with Crippen LogP contribution in [0.1, 0.15) is 12.8 Å². The first-order valence-electron chi connectivity index (χ1n) is 9.55. The molecule has 1 unspecified atom stereocenters. The highest BCUT2D eigenvalue weighted by molar-refractivity contribution is 5.78. The van der Waals surface area contributed by atoms with Gasteiger partial charge in [-0.3, -0.25) is 9.69 Å². The molecule has 1 aromatic carbocycles. The number of piperazine rings is 1. The van der Waals surface area contributed by atoms with Gasteiger partial charge in [0.05, 0.1) is 0 Å². The van der Waals surface area contributed by atoms with Gasteiger partial charge in [-0.25, -0.2) is 4.79 Å². The summed E-state index contributed by atoms with van der Waals surface area (Å²) in [6.07, 6.45) is 2.83. The fraction of sp³-hybridized carbons (Fsp3) is 0.579. The molecule has 0 spiro atoms. The Labute approximate surface area is 159 Å². The van der Waals surface area contributed by atoms with Crippen LogP contribution >= 0.6 is 0 Å². The zero-order chi connectivity index (χ0) is 18.9. The van der Waals surface area contributed by atoms with Crippen LogP contribution in [0.3, 0.4) is 0 Å². The van der Waals surface area contributed by atoms with Crippen molar-refractivity contribution in [3.8, 4) is 5.75 Å². The summed E-state index contributed by atoms with van der Waals surface area (Å²) in [5.41, 5.74) is 0. The van der Waals surface area contributed by atoms with Crippen LogP contribution in [0.25, 0.3) is 0 Å². The lowest BCUT2D eigenvalue weighted by Gasteiger charge is -2.40. The Balaban J connectivity index is 1.44. The fourth-order valence-corrected chi connectivity index (χ4v) is 3.49. The number of rotatable bonds is 8. The third kappa shape index (κ3) is 5.92. The average molecular weight is 376 g/mol. The third-order valence-electron chi connectivity index (χ3n) is 5.03. The Kier molecular flexibility index (Phi) is 7.44. The molecule has 2 saturated heterocycles. The van der Waals surface area contributed by atoms with Gasteiger partial charge in [-0.05, 0) is 38.1 Å². The maximum absolute atomic E-state index is 12.4. The number of piperidine rings is 1. The van der Waals surface area contributed by atoms with Crippen molar-refractivity contribution in [1.29, 1.82) is 0 Å². The second kappa shape index (κ2) is 10.2. The van der Waals surface area contributed by atoms with Gasteiger partial charge in [0.25, 0.3) is 0 Å². The molecule has 8 nitrogen and oxygen atoms in total. The second-order valence-corrected chi connectivity index (χ2v) is 6.82. The molecule has 1 atom stereocenters. The summed E-state index contributed by atoms with van der Waals surface area (Å²) in [5.74, 6) is 0.131. The van der Waals surface area contributed by atoms with E-state index in [0.29, 0.717) is 31.3 Å². The van der Waals surface area contributed by atoms with Crippen LogP contribution in [0.2, 0.25) is 0 Å². The molecule has 0 saturated carbocycles. The molecule has 8 heteroatoms. The van der Waals surface area contributed by atoms with Gasteiger partial charge < -0.3 is 20.2 Å². The first-order chi connectivity index (χ1) is 13.3. The SMILES string of the molecule is O=CNC(COc1ccccc1)C(=O)ON1CCN(C2CCNCC2)CC1. The number of para-hydroxylation sites is 1. The van der Waals surface area contributed by atoms with Gasteiger partial charge in [0.1, 0.15) is 12.4 Å². The first kappa shape index (κ1) is 19.6. The van der Waals surface area contributed by atoms with Gasteiger partial charge >= 0.3 is 5.97 Å². The molecule has 2 fully saturated rings. The number of hydrogen-bond donors (Lipinski definition) is 2.